The first-order valence-corrected chi connectivity index (χ1v) is 10.7. The topological polar surface area (TPSA) is 38.3 Å². The lowest BCUT2D eigenvalue weighted by Gasteiger charge is -2.26. The number of hydrogen-bond donors (Lipinski definition) is 0. The predicted molar refractivity (Wildman–Crippen MR) is 101 cm³/mol. The van der Waals surface area contributed by atoms with Gasteiger partial charge in [0.25, 0.3) is 0 Å². The third-order valence-electron chi connectivity index (χ3n) is 4.18. The van der Waals surface area contributed by atoms with E-state index in [0.29, 0.717) is 0 Å². The van der Waals surface area contributed by atoms with Gasteiger partial charge in [-0.1, -0.05) is 41.7 Å². The molecule has 1 aliphatic rings. The van der Waals surface area contributed by atoms with Gasteiger partial charge in [0.05, 0.1) is 6.61 Å². The van der Waals surface area contributed by atoms with Crippen molar-refractivity contribution in [2.45, 2.75) is 43.0 Å². The van der Waals surface area contributed by atoms with E-state index in [2.05, 4.69) is 39.4 Å². The molecule has 0 bridgehead atoms. The molecule has 24 heavy (non-hydrogen) atoms. The highest BCUT2D eigenvalue weighted by molar-refractivity contribution is 8.00. The Hall–Kier alpha value is -1.11. The lowest BCUT2D eigenvalue weighted by Crippen LogP contribution is -2.29. The number of benzene rings is 1. The zero-order valence-corrected chi connectivity index (χ0v) is 15.9. The highest BCUT2D eigenvalue weighted by Gasteiger charge is 2.10. The predicted octanol–water partition coefficient (Wildman–Crippen LogP) is 4.26. The Morgan fingerprint density at radius 3 is 2.88 bits per heavy atom. The van der Waals surface area contributed by atoms with Gasteiger partial charge in [0.2, 0.25) is 0 Å². The number of aryl methyl sites for hydroxylation is 1. The van der Waals surface area contributed by atoms with Gasteiger partial charge < -0.3 is 4.74 Å². The van der Waals surface area contributed by atoms with Gasteiger partial charge in [-0.15, -0.1) is 10.2 Å². The highest BCUT2D eigenvalue weighted by atomic mass is 32.2. The van der Waals surface area contributed by atoms with E-state index in [-0.39, 0.29) is 0 Å². The molecule has 0 radical (unpaired) electrons. The summed E-state index contributed by atoms with van der Waals surface area (Å²) >= 11 is 3.33. The van der Waals surface area contributed by atoms with Crippen LogP contribution in [0.1, 0.15) is 36.3 Å². The molecule has 2 heterocycles. The van der Waals surface area contributed by atoms with Crippen LogP contribution in [0, 0.1) is 0 Å². The molecule has 130 valence electrons. The second kappa shape index (κ2) is 9.39. The first kappa shape index (κ1) is 17.7. The van der Waals surface area contributed by atoms with E-state index in [0.717, 1.165) is 41.1 Å². The fraction of sp³-hybridized carbons (Fsp3) is 0.556. The second-order valence-corrected chi connectivity index (χ2v) is 8.22. The van der Waals surface area contributed by atoms with E-state index in [4.69, 9.17) is 4.74 Å². The van der Waals surface area contributed by atoms with E-state index < -0.39 is 0 Å². The first-order valence-electron chi connectivity index (χ1n) is 8.64. The minimum Gasteiger partial charge on any atom is -0.494 e. The highest BCUT2D eigenvalue weighted by Crippen LogP contribution is 2.21. The van der Waals surface area contributed by atoms with Crippen LogP contribution in [0.4, 0.5) is 0 Å². The maximum Gasteiger partial charge on any atom is 0.174 e. The zero-order chi connectivity index (χ0) is 16.6. The van der Waals surface area contributed by atoms with Crippen molar-refractivity contribution >= 4 is 23.1 Å². The van der Waals surface area contributed by atoms with Gasteiger partial charge in [-0.25, -0.2) is 0 Å². The maximum atomic E-state index is 5.92. The Morgan fingerprint density at radius 1 is 1.21 bits per heavy atom. The number of likely N-dealkylation sites (tertiary alicyclic amines) is 1. The maximum absolute atomic E-state index is 5.92. The largest absolute Gasteiger partial charge is 0.494 e. The van der Waals surface area contributed by atoms with Gasteiger partial charge >= 0.3 is 0 Å². The standard InChI is InChI=1S/C18H25N3OS2/c1-23-18-20-19-17(24-18)9-6-12-22-16-8-5-7-15(13-16)14-21-10-3-2-4-11-21/h5,7-8,13H,2-4,6,9-12,14H2,1H3. The fourth-order valence-corrected chi connectivity index (χ4v) is 4.30. The third-order valence-corrected chi connectivity index (χ3v) is 6.14. The van der Waals surface area contributed by atoms with Gasteiger partial charge in [-0.2, -0.15) is 0 Å². The lowest BCUT2D eigenvalue weighted by atomic mass is 10.1. The van der Waals surface area contributed by atoms with E-state index in [1.165, 1.54) is 37.9 Å². The number of thioether (sulfide) groups is 1. The molecule has 1 saturated heterocycles. The normalized spacial score (nSPS) is 15.5. The van der Waals surface area contributed by atoms with E-state index in [1.807, 2.05) is 6.26 Å². The minimum absolute atomic E-state index is 0.724. The second-order valence-electron chi connectivity index (χ2n) is 6.10. The number of nitrogens with zero attached hydrogens (tertiary/aromatic N) is 3. The van der Waals surface area contributed by atoms with Crippen LogP contribution in [0.3, 0.4) is 0 Å². The van der Waals surface area contributed by atoms with Crippen molar-refractivity contribution in [3.05, 3.63) is 34.8 Å². The molecule has 0 saturated carbocycles. The van der Waals surface area contributed by atoms with Crippen molar-refractivity contribution in [1.82, 2.24) is 15.1 Å². The Balaban J connectivity index is 1.42. The molecule has 0 unspecified atom stereocenters. The van der Waals surface area contributed by atoms with Gasteiger partial charge in [0.1, 0.15) is 10.8 Å². The summed E-state index contributed by atoms with van der Waals surface area (Å²) in [6.07, 6.45) is 7.99. The van der Waals surface area contributed by atoms with Crippen LogP contribution in [-0.2, 0) is 13.0 Å². The molecule has 0 N–H and O–H groups in total. The summed E-state index contributed by atoms with van der Waals surface area (Å²) in [6.45, 7) is 4.22. The smallest absolute Gasteiger partial charge is 0.174 e. The monoisotopic (exact) mass is 363 g/mol. The molecule has 1 fully saturated rings. The molecule has 4 nitrogen and oxygen atoms in total. The summed E-state index contributed by atoms with van der Waals surface area (Å²) < 4.78 is 6.96. The Bertz CT molecular complexity index is 626. The number of ether oxygens (including phenoxy) is 1. The number of hydrogen-bond acceptors (Lipinski definition) is 6. The van der Waals surface area contributed by atoms with Crippen LogP contribution in [0.2, 0.25) is 0 Å². The number of aromatic nitrogens is 2. The molecular weight excluding hydrogens is 338 g/mol. The average Bonchev–Trinajstić information content (AvgIpc) is 3.08. The van der Waals surface area contributed by atoms with Crippen LogP contribution >= 0.6 is 23.1 Å². The van der Waals surface area contributed by atoms with Crippen LogP contribution in [0.25, 0.3) is 0 Å². The Morgan fingerprint density at radius 2 is 2.08 bits per heavy atom. The average molecular weight is 364 g/mol. The summed E-state index contributed by atoms with van der Waals surface area (Å²) in [4.78, 5) is 2.54. The van der Waals surface area contributed by atoms with Crippen molar-refractivity contribution in [3.8, 4) is 5.75 Å². The molecule has 0 atom stereocenters. The molecule has 3 rings (SSSR count). The van der Waals surface area contributed by atoms with E-state index in [1.54, 1.807) is 23.1 Å². The van der Waals surface area contributed by atoms with Crippen molar-refractivity contribution in [2.24, 2.45) is 0 Å². The Kier molecular flexibility index (Phi) is 6.93. The van der Waals surface area contributed by atoms with Crippen LogP contribution < -0.4 is 4.74 Å². The SMILES string of the molecule is CSc1nnc(CCCOc2cccc(CN3CCCCC3)c2)s1. The van der Waals surface area contributed by atoms with E-state index in [9.17, 15) is 0 Å². The number of rotatable bonds is 8. The van der Waals surface area contributed by atoms with E-state index >= 15 is 0 Å². The van der Waals surface area contributed by atoms with Crippen molar-refractivity contribution in [3.63, 3.8) is 0 Å². The minimum atomic E-state index is 0.724. The van der Waals surface area contributed by atoms with Crippen LogP contribution in [0.5, 0.6) is 5.75 Å². The molecule has 0 spiro atoms. The zero-order valence-electron chi connectivity index (χ0n) is 14.2. The molecule has 2 aromatic rings. The van der Waals surface area contributed by atoms with Crippen LogP contribution in [0.15, 0.2) is 28.6 Å². The summed E-state index contributed by atoms with van der Waals surface area (Å²) in [5.41, 5.74) is 1.35. The summed E-state index contributed by atoms with van der Waals surface area (Å²) in [5.74, 6) is 0.978. The van der Waals surface area contributed by atoms with Gasteiger partial charge in [0, 0.05) is 13.0 Å². The Labute approximate surface area is 152 Å². The third kappa shape index (κ3) is 5.46. The molecule has 6 heteroatoms. The molecule has 0 amide bonds. The fourth-order valence-electron chi connectivity index (χ4n) is 2.94. The van der Waals surface area contributed by atoms with Crippen molar-refractivity contribution in [1.29, 1.82) is 0 Å². The van der Waals surface area contributed by atoms with Gasteiger partial charge in [0.15, 0.2) is 4.34 Å². The molecule has 1 aromatic carbocycles. The lowest BCUT2D eigenvalue weighted by molar-refractivity contribution is 0.220. The summed E-state index contributed by atoms with van der Waals surface area (Å²) in [5, 5.41) is 9.42. The molecule has 1 aromatic heterocycles. The van der Waals surface area contributed by atoms with Crippen LogP contribution in [-0.4, -0.2) is 41.0 Å². The summed E-state index contributed by atoms with van der Waals surface area (Å²) in [6, 6.07) is 8.54. The van der Waals surface area contributed by atoms with Crippen molar-refractivity contribution < 1.29 is 4.74 Å². The number of piperidine rings is 1. The molecule has 1 aliphatic heterocycles. The molecule has 0 aliphatic carbocycles. The molecular formula is C18H25N3OS2. The summed E-state index contributed by atoms with van der Waals surface area (Å²) in [7, 11) is 0. The van der Waals surface area contributed by atoms with Crippen molar-refractivity contribution in [2.75, 3.05) is 26.0 Å². The van der Waals surface area contributed by atoms with Gasteiger partial charge in [-0.05, 0) is 56.3 Å². The quantitative estimate of drug-likeness (QED) is 0.517. The van der Waals surface area contributed by atoms with Gasteiger partial charge in [-0.3, -0.25) is 4.90 Å². The first-order chi connectivity index (χ1) is 11.8.